The summed E-state index contributed by atoms with van der Waals surface area (Å²) in [6.45, 7) is 8.83. The maximum atomic E-state index is 13.0. The van der Waals surface area contributed by atoms with Crippen molar-refractivity contribution in [1.82, 2.24) is 0 Å². The zero-order valence-corrected chi connectivity index (χ0v) is 23.3. The van der Waals surface area contributed by atoms with Gasteiger partial charge in [0.15, 0.2) is 6.10 Å². The van der Waals surface area contributed by atoms with Crippen LogP contribution in [0.3, 0.4) is 0 Å². The Labute approximate surface area is 228 Å². The Kier molecular flexibility index (Phi) is 11.6. The minimum atomic E-state index is -0.703. The molecule has 0 aliphatic carbocycles. The van der Waals surface area contributed by atoms with Crippen molar-refractivity contribution in [2.75, 3.05) is 6.61 Å². The van der Waals surface area contributed by atoms with Crippen molar-refractivity contribution in [3.8, 4) is 0 Å². The van der Waals surface area contributed by atoms with E-state index >= 15 is 0 Å². The van der Waals surface area contributed by atoms with Gasteiger partial charge in [0.25, 0.3) is 0 Å². The largest absolute Gasteiger partial charge is 0.458 e. The first-order valence-electron chi connectivity index (χ1n) is 14.0. The number of rotatable bonds is 14. The Hall–Kier alpha value is -3.40. The average molecular weight is 515 g/mol. The van der Waals surface area contributed by atoms with Crippen LogP contribution in [0.25, 0.3) is 0 Å². The lowest BCUT2D eigenvalue weighted by atomic mass is 9.96. The quantitative estimate of drug-likeness (QED) is 0.203. The third-order valence-corrected chi connectivity index (χ3v) is 6.90. The summed E-state index contributed by atoms with van der Waals surface area (Å²) in [6.07, 6.45) is 5.99. The fraction of sp³-hybridized carbons (Fsp3) is 0.412. The van der Waals surface area contributed by atoms with Crippen LogP contribution in [-0.2, 0) is 22.3 Å². The Morgan fingerprint density at radius 2 is 1.13 bits per heavy atom. The number of hydrogen-bond acceptors (Lipinski definition) is 4. The van der Waals surface area contributed by atoms with Gasteiger partial charge in [0, 0.05) is 0 Å². The highest BCUT2D eigenvalue weighted by Gasteiger charge is 2.21. The standard InChI is InChI=1S/C34H42O4/c1-5-10-25(3)22-27-14-18-30(19-15-27)33(35)37-24-32(29-12-8-7-9-13-29)38-34(36)31-20-16-28(17-21-31)23-26(4)11-6-2/h7-9,12-21,25-26,32H,5-6,10-11,22-24H2,1-4H3/t25-,26-,32?/m1/s1. The van der Waals surface area contributed by atoms with Crippen LogP contribution in [-0.4, -0.2) is 18.5 Å². The van der Waals surface area contributed by atoms with Crippen molar-refractivity contribution in [2.45, 2.75) is 72.3 Å². The van der Waals surface area contributed by atoms with E-state index in [2.05, 4.69) is 27.7 Å². The Bertz CT molecular complexity index is 1120. The lowest BCUT2D eigenvalue weighted by Crippen LogP contribution is -2.19. The number of ether oxygens (including phenoxy) is 2. The number of carbonyl (C=O) groups excluding carboxylic acids is 2. The molecule has 0 N–H and O–H groups in total. The molecule has 0 heterocycles. The van der Waals surface area contributed by atoms with Crippen molar-refractivity contribution in [3.63, 3.8) is 0 Å². The molecular weight excluding hydrogens is 472 g/mol. The molecule has 0 spiro atoms. The monoisotopic (exact) mass is 514 g/mol. The molecule has 0 bridgehead atoms. The van der Waals surface area contributed by atoms with E-state index in [0.29, 0.717) is 23.0 Å². The lowest BCUT2D eigenvalue weighted by Gasteiger charge is -2.19. The molecule has 0 amide bonds. The molecule has 0 aromatic heterocycles. The van der Waals surface area contributed by atoms with Gasteiger partial charge in [-0.15, -0.1) is 0 Å². The van der Waals surface area contributed by atoms with Gasteiger partial charge in [-0.05, 0) is 65.6 Å². The fourth-order valence-corrected chi connectivity index (χ4v) is 4.85. The molecule has 202 valence electrons. The van der Waals surface area contributed by atoms with Crippen LogP contribution in [0.5, 0.6) is 0 Å². The molecule has 4 heteroatoms. The van der Waals surface area contributed by atoms with Crippen LogP contribution in [0.4, 0.5) is 0 Å². The first kappa shape index (κ1) is 29.2. The smallest absolute Gasteiger partial charge is 0.338 e. The highest BCUT2D eigenvalue weighted by molar-refractivity contribution is 5.90. The molecule has 0 fully saturated rings. The molecule has 0 saturated carbocycles. The predicted molar refractivity (Wildman–Crippen MR) is 153 cm³/mol. The summed E-state index contributed by atoms with van der Waals surface area (Å²) in [6, 6.07) is 24.6. The van der Waals surface area contributed by atoms with Crippen LogP contribution in [0.15, 0.2) is 78.9 Å². The van der Waals surface area contributed by atoms with E-state index in [1.807, 2.05) is 78.9 Å². The van der Waals surface area contributed by atoms with E-state index in [1.165, 1.54) is 36.8 Å². The average Bonchev–Trinajstić information content (AvgIpc) is 2.92. The van der Waals surface area contributed by atoms with Gasteiger partial charge in [-0.3, -0.25) is 0 Å². The Morgan fingerprint density at radius 3 is 1.61 bits per heavy atom. The SMILES string of the molecule is CCC[C@@H](C)Cc1ccc(C(=O)OCC(OC(=O)c2ccc(C[C@H](C)CCC)cc2)c2ccccc2)cc1. The molecule has 0 aliphatic rings. The fourth-order valence-electron chi connectivity index (χ4n) is 4.85. The normalized spacial score (nSPS) is 13.4. The van der Waals surface area contributed by atoms with E-state index < -0.39 is 18.0 Å². The third-order valence-electron chi connectivity index (χ3n) is 6.90. The van der Waals surface area contributed by atoms with Crippen molar-refractivity contribution >= 4 is 11.9 Å². The summed E-state index contributed by atoms with van der Waals surface area (Å²) in [4.78, 5) is 25.8. The van der Waals surface area contributed by atoms with Gasteiger partial charge in [-0.25, -0.2) is 9.59 Å². The summed E-state index contributed by atoms with van der Waals surface area (Å²) in [7, 11) is 0. The second-order valence-corrected chi connectivity index (χ2v) is 10.5. The number of benzene rings is 3. The summed E-state index contributed by atoms with van der Waals surface area (Å²) < 4.78 is 11.4. The molecule has 3 rings (SSSR count). The first-order valence-corrected chi connectivity index (χ1v) is 14.0. The van der Waals surface area contributed by atoms with Gasteiger partial charge in [-0.1, -0.05) is 108 Å². The molecule has 3 atom stereocenters. The molecule has 0 aliphatic heterocycles. The van der Waals surface area contributed by atoms with Crippen molar-refractivity contribution in [2.24, 2.45) is 11.8 Å². The Morgan fingerprint density at radius 1 is 0.658 bits per heavy atom. The van der Waals surface area contributed by atoms with Gasteiger partial charge in [0.2, 0.25) is 0 Å². The van der Waals surface area contributed by atoms with Crippen LogP contribution < -0.4 is 0 Å². The lowest BCUT2D eigenvalue weighted by molar-refractivity contribution is -0.00133. The van der Waals surface area contributed by atoms with Crippen LogP contribution in [0.2, 0.25) is 0 Å². The van der Waals surface area contributed by atoms with E-state index in [1.54, 1.807) is 0 Å². The zero-order valence-electron chi connectivity index (χ0n) is 23.3. The van der Waals surface area contributed by atoms with E-state index in [9.17, 15) is 9.59 Å². The van der Waals surface area contributed by atoms with E-state index in [0.717, 1.165) is 18.4 Å². The maximum absolute atomic E-state index is 13.0. The first-order chi connectivity index (χ1) is 18.4. The highest BCUT2D eigenvalue weighted by atomic mass is 16.6. The molecule has 38 heavy (non-hydrogen) atoms. The second kappa shape index (κ2) is 15.1. The molecule has 1 unspecified atom stereocenters. The van der Waals surface area contributed by atoms with Gasteiger partial charge < -0.3 is 9.47 Å². The van der Waals surface area contributed by atoms with Gasteiger partial charge in [0.1, 0.15) is 6.61 Å². The summed E-state index contributed by atoms with van der Waals surface area (Å²) in [5.74, 6) is 0.352. The molecule has 0 radical (unpaired) electrons. The van der Waals surface area contributed by atoms with Crippen LogP contribution in [0, 0.1) is 11.8 Å². The maximum Gasteiger partial charge on any atom is 0.338 e. The Balaban J connectivity index is 1.62. The van der Waals surface area contributed by atoms with Crippen molar-refractivity contribution < 1.29 is 19.1 Å². The minimum absolute atomic E-state index is 0.0590. The second-order valence-electron chi connectivity index (χ2n) is 10.5. The summed E-state index contributed by atoms with van der Waals surface area (Å²) >= 11 is 0. The number of carbonyl (C=O) groups is 2. The number of esters is 2. The van der Waals surface area contributed by atoms with Crippen LogP contribution in [0.1, 0.15) is 96.9 Å². The molecule has 4 nitrogen and oxygen atoms in total. The topological polar surface area (TPSA) is 52.6 Å². The van der Waals surface area contributed by atoms with Crippen LogP contribution >= 0.6 is 0 Å². The molecule has 0 saturated heterocycles. The minimum Gasteiger partial charge on any atom is -0.458 e. The van der Waals surface area contributed by atoms with Gasteiger partial charge >= 0.3 is 11.9 Å². The number of hydrogen-bond donors (Lipinski definition) is 0. The molecule has 3 aromatic carbocycles. The van der Waals surface area contributed by atoms with E-state index in [-0.39, 0.29) is 6.61 Å². The van der Waals surface area contributed by atoms with Crippen molar-refractivity contribution in [1.29, 1.82) is 0 Å². The van der Waals surface area contributed by atoms with E-state index in [4.69, 9.17) is 9.47 Å². The summed E-state index contributed by atoms with van der Waals surface area (Å²) in [5, 5.41) is 0. The predicted octanol–water partition coefficient (Wildman–Crippen LogP) is 8.40. The highest BCUT2D eigenvalue weighted by Crippen LogP contribution is 2.22. The summed E-state index contributed by atoms with van der Waals surface area (Å²) in [5.41, 5.74) is 4.17. The molecular formula is C34H42O4. The van der Waals surface area contributed by atoms with Gasteiger partial charge in [-0.2, -0.15) is 0 Å². The molecule has 3 aromatic rings. The van der Waals surface area contributed by atoms with Gasteiger partial charge in [0.05, 0.1) is 11.1 Å². The van der Waals surface area contributed by atoms with Crippen molar-refractivity contribution in [3.05, 3.63) is 107 Å². The third kappa shape index (κ3) is 9.16. The zero-order chi connectivity index (χ0) is 27.3.